The molecule has 5 nitrogen and oxygen atoms in total. The van der Waals surface area contributed by atoms with Crippen LogP contribution in [0, 0.1) is 6.92 Å². The van der Waals surface area contributed by atoms with Crippen LogP contribution in [0.15, 0.2) is 65.7 Å². The minimum Gasteiger partial charge on any atom is -0.497 e. The quantitative estimate of drug-likeness (QED) is 0.451. The molecule has 0 atom stereocenters. The zero-order chi connectivity index (χ0) is 21.5. The molecular formula is C23H20Cl2N2O3. The summed E-state index contributed by atoms with van der Waals surface area (Å²) in [6.07, 6.45) is 1.65. The zero-order valence-corrected chi connectivity index (χ0v) is 18.0. The molecule has 1 amide bonds. The van der Waals surface area contributed by atoms with Gasteiger partial charge in [-0.1, -0.05) is 35.3 Å². The van der Waals surface area contributed by atoms with Gasteiger partial charge in [0, 0.05) is 11.9 Å². The van der Waals surface area contributed by atoms with Crippen molar-refractivity contribution < 1.29 is 14.3 Å². The topological polar surface area (TPSA) is 59.9 Å². The Bertz CT molecular complexity index is 1040. The van der Waals surface area contributed by atoms with Crippen LogP contribution in [-0.4, -0.2) is 25.8 Å². The second-order valence-electron chi connectivity index (χ2n) is 6.48. The van der Waals surface area contributed by atoms with Gasteiger partial charge in [-0.25, -0.2) is 0 Å². The van der Waals surface area contributed by atoms with E-state index >= 15 is 0 Å². The molecule has 3 aromatic carbocycles. The summed E-state index contributed by atoms with van der Waals surface area (Å²) in [5, 5.41) is 3.36. The fourth-order valence-corrected chi connectivity index (χ4v) is 3.28. The number of nitrogens with zero attached hydrogens (tertiary/aromatic N) is 1. The van der Waals surface area contributed by atoms with E-state index in [2.05, 4.69) is 10.3 Å². The van der Waals surface area contributed by atoms with Gasteiger partial charge in [0.25, 0.3) is 5.91 Å². The number of benzene rings is 3. The maximum Gasteiger partial charge on any atom is 0.262 e. The van der Waals surface area contributed by atoms with Gasteiger partial charge in [-0.15, -0.1) is 0 Å². The first kappa shape index (κ1) is 21.7. The molecule has 154 valence electrons. The standard InChI is InChI=1S/C23H20Cl2N2O3/c1-15-4-3-5-18(10-15)27-22(28)14-30-23-20(24)11-16(12-21(23)25)13-26-17-6-8-19(29-2)9-7-17/h3-13H,14H2,1-2H3,(H,27,28). The molecule has 7 heteroatoms. The summed E-state index contributed by atoms with van der Waals surface area (Å²) in [4.78, 5) is 16.5. The van der Waals surface area contributed by atoms with Gasteiger partial charge < -0.3 is 14.8 Å². The van der Waals surface area contributed by atoms with Crippen molar-refractivity contribution in [2.45, 2.75) is 6.92 Å². The maximum absolute atomic E-state index is 12.1. The third-order valence-electron chi connectivity index (χ3n) is 4.11. The van der Waals surface area contributed by atoms with Gasteiger partial charge in [0.15, 0.2) is 12.4 Å². The molecule has 0 radical (unpaired) electrons. The molecule has 0 fully saturated rings. The highest BCUT2D eigenvalue weighted by atomic mass is 35.5. The van der Waals surface area contributed by atoms with Crippen LogP contribution in [0.25, 0.3) is 0 Å². The lowest BCUT2D eigenvalue weighted by atomic mass is 10.2. The summed E-state index contributed by atoms with van der Waals surface area (Å²) in [6, 6.07) is 18.2. The van der Waals surface area contributed by atoms with E-state index in [9.17, 15) is 4.79 Å². The molecule has 3 aromatic rings. The van der Waals surface area contributed by atoms with E-state index in [1.165, 1.54) is 0 Å². The summed E-state index contributed by atoms with van der Waals surface area (Å²) in [7, 11) is 1.61. The van der Waals surface area contributed by atoms with Crippen LogP contribution in [0.2, 0.25) is 10.0 Å². The molecule has 0 heterocycles. The Hall–Kier alpha value is -3.02. The van der Waals surface area contributed by atoms with Crippen molar-refractivity contribution in [2.24, 2.45) is 4.99 Å². The van der Waals surface area contributed by atoms with Crippen LogP contribution < -0.4 is 14.8 Å². The van der Waals surface area contributed by atoms with E-state index in [1.54, 1.807) is 25.5 Å². The lowest BCUT2D eigenvalue weighted by Gasteiger charge is -2.11. The largest absolute Gasteiger partial charge is 0.497 e. The number of methoxy groups -OCH3 is 1. The smallest absolute Gasteiger partial charge is 0.262 e. The lowest BCUT2D eigenvalue weighted by Crippen LogP contribution is -2.20. The number of nitrogens with one attached hydrogen (secondary N) is 1. The second kappa shape index (κ2) is 10.1. The lowest BCUT2D eigenvalue weighted by molar-refractivity contribution is -0.118. The predicted octanol–water partition coefficient (Wildman–Crippen LogP) is 6.08. The Balaban J connectivity index is 1.63. The summed E-state index contributed by atoms with van der Waals surface area (Å²) < 4.78 is 10.7. The Morgan fingerprint density at radius 2 is 1.77 bits per heavy atom. The Morgan fingerprint density at radius 3 is 2.40 bits per heavy atom. The molecule has 0 bridgehead atoms. The van der Waals surface area contributed by atoms with Crippen molar-refractivity contribution in [1.29, 1.82) is 0 Å². The number of aliphatic imine (C=N–C) groups is 1. The average Bonchev–Trinajstić information content (AvgIpc) is 2.72. The Labute approximate surface area is 185 Å². The summed E-state index contributed by atoms with van der Waals surface area (Å²) >= 11 is 12.6. The summed E-state index contributed by atoms with van der Waals surface area (Å²) in [5.74, 6) is 0.699. The highest BCUT2D eigenvalue weighted by molar-refractivity contribution is 6.37. The fourth-order valence-electron chi connectivity index (χ4n) is 2.67. The van der Waals surface area contributed by atoms with Crippen molar-refractivity contribution in [3.05, 3.63) is 81.8 Å². The third kappa shape index (κ3) is 5.99. The number of aryl methyl sites for hydroxylation is 1. The van der Waals surface area contributed by atoms with Crippen LogP contribution in [0.4, 0.5) is 11.4 Å². The monoisotopic (exact) mass is 442 g/mol. The number of carbonyl (C=O) groups is 1. The molecule has 1 N–H and O–H groups in total. The van der Waals surface area contributed by atoms with Crippen molar-refractivity contribution in [3.63, 3.8) is 0 Å². The van der Waals surface area contributed by atoms with Crippen molar-refractivity contribution in [1.82, 2.24) is 0 Å². The summed E-state index contributed by atoms with van der Waals surface area (Å²) in [6.45, 7) is 1.73. The van der Waals surface area contributed by atoms with Gasteiger partial charge in [-0.3, -0.25) is 9.79 Å². The minimum atomic E-state index is -0.308. The first-order chi connectivity index (χ1) is 14.4. The van der Waals surface area contributed by atoms with E-state index in [4.69, 9.17) is 32.7 Å². The van der Waals surface area contributed by atoms with Gasteiger partial charge in [0.2, 0.25) is 0 Å². The fraction of sp³-hybridized carbons (Fsp3) is 0.130. The normalized spacial score (nSPS) is 10.8. The van der Waals surface area contributed by atoms with Gasteiger partial charge in [-0.05, 0) is 66.6 Å². The first-order valence-corrected chi connectivity index (χ1v) is 9.86. The molecule has 0 aliphatic carbocycles. The Kier molecular flexibility index (Phi) is 7.33. The first-order valence-electron chi connectivity index (χ1n) is 9.11. The molecule has 0 aliphatic rings. The van der Waals surface area contributed by atoms with E-state index < -0.39 is 0 Å². The molecule has 0 aliphatic heterocycles. The van der Waals surface area contributed by atoms with E-state index in [0.717, 1.165) is 17.0 Å². The molecule has 3 rings (SSSR count). The molecule has 0 saturated carbocycles. The van der Waals surface area contributed by atoms with Gasteiger partial charge in [0.1, 0.15) is 5.75 Å². The number of ether oxygens (including phenoxy) is 2. The Morgan fingerprint density at radius 1 is 1.07 bits per heavy atom. The van der Waals surface area contributed by atoms with Crippen LogP contribution in [0.1, 0.15) is 11.1 Å². The third-order valence-corrected chi connectivity index (χ3v) is 4.67. The van der Waals surface area contributed by atoms with Gasteiger partial charge >= 0.3 is 0 Å². The number of amides is 1. The number of halogens is 2. The molecule has 0 aromatic heterocycles. The van der Waals surface area contributed by atoms with Crippen molar-refractivity contribution >= 4 is 46.7 Å². The minimum absolute atomic E-state index is 0.216. The number of carbonyl (C=O) groups excluding carboxylic acids is 1. The van der Waals surface area contributed by atoms with Crippen LogP contribution in [0.3, 0.4) is 0 Å². The zero-order valence-electron chi connectivity index (χ0n) is 16.5. The predicted molar refractivity (Wildman–Crippen MR) is 122 cm³/mol. The molecule has 0 saturated heterocycles. The van der Waals surface area contributed by atoms with Crippen LogP contribution in [-0.2, 0) is 4.79 Å². The SMILES string of the molecule is COc1ccc(N=Cc2cc(Cl)c(OCC(=O)Nc3cccc(C)c3)c(Cl)c2)cc1. The van der Waals surface area contributed by atoms with E-state index in [-0.39, 0.29) is 18.3 Å². The highest BCUT2D eigenvalue weighted by Crippen LogP contribution is 2.34. The number of hydrogen-bond donors (Lipinski definition) is 1. The summed E-state index contributed by atoms with van der Waals surface area (Å²) in [5.41, 5.74) is 3.21. The molecule has 0 unspecified atom stereocenters. The molecule has 0 spiro atoms. The second-order valence-corrected chi connectivity index (χ2v) is 7.29. The maximum atomic E-state index is 12.1. The van der Waals surface area contributed by atoms with E-state index in [1.807, 2.05) is 55.5 Å². The number of rotatable bonds is 7. The number of hydrogen-bond acceptors (Lipinski definition) is 4. The van der Waals surface area contributed by atoms with E-state index in [0.29, 0.717) is 21.3 Å². The molecule has 30 heavy (non-hydrogen) atoms. The average molecular weight is 443 g/mol. The van der Waals surface area contributed by atoms with Crippen LogP contribution >= 0.6 is 23.2 Å². The molecular weight excluding hydrogens is 423 g/mol. The van der Waals surface area contributed by atoms with Crippen molar-refractivity contribution in [3.8, 4) is 11.5 Å². The van der Waals surface area contributed by atoms with Gasteiger partial charge in [0.05, 0.1) is 22.8 Å². The number of anilines is 1. The van der Waals surface area contributed by atoms with Crippen molar-refractivity contribution in [2.75, 3.05) is 19.0 Å². The van der Waals surface area contributed by atoms with Crippen LogP contribution in [0.5, 0.6) is 11.5 Å². The highest BCUT2D eigenvalue weighted by Gasteiger charge is 2.12. The van der Waals surface area contributed by atoms with Gasteiger partial charge in [-0.2, -0.15) is 0 Å².